The summed E-state index contributed by atoms with van der Waals surface area (Å²) in [6.07, 6.45) is -4.74. The second-order valence-corrected chi connectivity index (χ2v) is 5.67. The predicted molar refractivity (Wildman–Crippen MR) is 91.7 cm³/mol. The van der Waals surface area contributed by atoms with Gasteiger partial charge >= 0.3 is 6.18 Å². The quantitative estimate of drug-likeness (QED) is 0.808. The number of alkyl halides is 3. The molecule has 0 heterocycles. The van der Waals surface area contributed by atoms with Gasteiger partial charge in [-0.2, -0.15) is 13.2 Å². The van der Waals surface area contributed by atoms with E-state index < -0.39 is 29.2 Å². The Kier molecular flexibility index (Phi) is 5.76. The minimum absolute atomic E-state index is 0.0148. The van der Waals surface area contributed by atoms with Crippen molar-refractivity contribution in [2.75, 3.05) is 17.7 Å². The number of ether oxygens (including phenoxy) is 1. The zero-order chi connectivity index (χ0) is 19.5. The highest BCUT2D eigenvalue weighted by Crippen LogP contribution is 2.37. The summed E-state index contributed by atoms with van der Waals surface area (Å²) in [4.78, 5) is 23.4. The van der Waals surface area contributed by atoms with Crippen molar-refractivity contribution in [1.82, 2.24) is 0 Å². The van der Waals surface area contributed by atoms with Gasteiger partial charge in [-0.25, -0.2) is 0 Å². The highest BCUT2D eigenvalue weighted by molar-refractivity contribution is 6.31. The summed E-state index contributed by atoms with van der Waals surface area (Å²) >= 11 is 5.84. The molecule has 9 heteroatoms. The van der Waals surface area contributed by atoms with E-state index in [1.54, 1.807) is 0 Å². The molecule has 0 atom stereocenters. The fraction of sp³-hybridized carbons (Fsp3) is 0.176. The van der Waals surface area contributed by atoms with Gasteiger partial charge in [0, 0.05) is 17.6 Å². The number of carbonyl (C=O) groups is 2. The van der Waals surface area contributed by atoms with Crippen LogP contribution in [0.5, 0.6) is 5.75 Å². The fourth-order valence-corrected chi connectivity index (χ4v) is 2.39. The van der Waals surface area contributed by atoms with E-state index >= 15 is 0 Å². The van der Waals surface area contributed by atoms with Crippen molar-refractivity contribution in [3.05, 3.63) is 52.5 Å². The number of methoxy groups -OCH3 is 1. The van der Waals surface area contributed by atoms with Crippen LogP contribution in [0.15, 0.2) is 36.4 Å². The molecule has 0 aliphatic carbocycles. The van der Waals surface area contributed by atoms with Crippen molar-refractivity contribution >= 4 is 34.8 Å². The Morgan fingerprint density at radius 1 is 1.08 bits per heavy atom. The van der Waals surface area contributed by atoms with Crippen molar-refractivity contribution < 1.29 is 27.5 Å². The number of nitrogens with one attached hydrogen (secondary N) is 2. The molecular weight excluding hydrogens is 373 g/mol. The van der Waals surface area contributed by atoms with Gasteiger partial charge in [-0.15, -0.1) is 0 Å². The molecule has 0 radical (unpaired) electrons. The molecule has 2 aromatic rings. The van der Waals surface area contributed by atoms with Crippen molar-refractivity contribution in [2.45, 2.75) is 13.1 Å². The molecule has 2 amide bonds. The summed E-state index contributed by atoms with van der Waals surface area (Å²) < 4.78 is 45.0. The molecule has 0 aromatic heterocycles. The minimum Gasteiger partial charge on any atom is -0.496 e. The van der Waals surface area contributed by atoms with Crippen LogP contribution in [0.2, 0.25) is 5.02 Å². The van der Waals surface area contributed by atoms with Crippen LogP contribution in [-0.2, 0) is 11.0 Å². The van der Waals surface area contributed by atoms with Crippen LogP contribution >= 0.6 is 11.6 Å². The highest BCUT2D eigenvalue weighted by Gasteiger charge is 2.34. The van der Waals surface area contributed by atoms with Gasteiger partial charge in [0.25, 0.3) is 5.91 Å². The lowest BCUT2D eigenvalue weighted by Crippen LogP contribution is -2.18. The molecule has 0 aliphatic heterocycles. The highest BCUT2D eigenvalue weighted by atomic mass is 35.5. The normalized spacial score (nSPS) is 11.0. The lowest BCUT2D eigenvalue weighted by molar-refractivity contribution is -0.137. The number of benzene rings is 2. The maximum atomic E-state index is 13.3. The standard InChI is InChI=1S/C17H14ClF3N2O3/c1-9(24)22-11-4-5-14(13(8-11)17(19,20)21)23-16(25)12-7-10(18)3-6-15(12)26-2/h3-8H,1-2H3,(H,22,24)(H,23,25). The summed E-state index contributed by atoms with van der Waals surface area (Å²) in [5.74, 6) is -1.17. The summed E-state index contributed by atoms with van der Waals surface area (Å²) in [5, 5.41) is 4.70. The van der Waals surface area contributed by atoms with Crippen molar-refractivity contribution in [2.24, 2.45) is 0 Å². The van der Waals surface area contributed by atoms with Crippen LogP contribution in [0.25, 0.3) is 0 Å². The number of hydrogen-bond donors (Lipinski definition) is 2. The van der Waals surface area contributed by atoms with Gasteiger partial charge < -0.3 is 15.4 Å². The Balaban J connectivity index is 2.41. The number of hydrogen-bond acceptors (Lipinski definition) is 3. The van der Waals surface area contributed by atoms with E-state index in [2.05, 4.69) is 10.6 Å². The number of amides is 2. The van der Waals surface area contributed by atoms with Crippen LogP contribution in [0.3, 0.4) is 0 Å². The molecule has 0 saturated heterocycles. The fourth-order valence-electron chi connectivity index (χ4n) is 2.22. The molecule has 0 fully saturated rings. The van der Waals surface area contributed by atoms with Gasteiger partial charge in [-0.3, -0.25) is 9.59 Å². The third-order valence-electron chi connectivity index (χ3n) is 3.30. The lowest BCUT2D eigenvalue weighted by atomic mass is 10.1. The number of halogens is 4. The Hall–Kier alpha value is -2.74. The van der Waals surface area contributed by atoms with Gasteiger partial charge in [-0.1, -0.05) is 11.6 Å². The summed E-state index contributed by atoms with van der Waals surface area (Å²) in [6.45, 7) is 1.17. The summed E-state index contributed by atoms with van der Waals surface area (Å²) in [7, 11) is 1.32. The Morgan fingerprint density at radius 2 is 1.77 bits per heavy atom. The van der Waals surface area contributed by atoms with Crippen LogP contribution < -0.4 is 15.4 Å². The predicted octanol–water partition coefficient (Wildman–Crippen LogP) is 4.58. The van der Waals surface area contributed by atoms with Crippen LogP contribution in [-0.4, -0.2) is 18.9 Å². The molecule has 0 bridgehead atoms. The summed E-state index contributed by atoms with van der Waals surface area (Å²) in [5.41, 5.74) is -1.61. The molecule has 2 rings (SSSR count). The smallest absolute Gasteiger partial charge is 0.418 e. The van der Waals surface area contributed by atoms with Gasteiger partial charge in [-0.05, 0) is 36.4 Å². The Labute approximate surface area is 152 Å². The average molecular weight is 387 g/mol. The average Bonchev–Trinajstić information content (AvgIpc) is 2.54. The number of carbonyl (C=O) groups excluding carboxylic acids is 2. The van der Waals surface area contributed by atoms with Gasteiger partial charge in [0.1, 0.15) is 5.75 Å². The minimum atomic E-state index is -4.74. The number of anilines is 2. The monoisotopic (exact) mass is 386 g/mol. The molecule has 2 aromatic carbocycles. The zero-order valence-electron chi connectivity index (χ0n) is 13.7. The van der Waals surface area contributed by atoms with Crippen LogP contribution in [0.4, 0.5) is 24.5 Å². The molecule has 0 aliphatic rings. The Morgan fingerprint density at radius 3 is 2.35 bits per heavy atom. The maximum Gasteiger partial charge on any atom is 0.418 e. The molecule has 0 unspecified atom stereocenters. The van der Waals surface area contributed by atoms with Crippen LogP contribution in [0, 0.1) is 0 Å². The van der Waals surface area contributed by atoms with Gasteiger partial charge in [0.2, 0.25) is 5.91 Å². The number of rotatable bonds is 4. The first kappa shape index (κ1) is 19.6. The molecular formula is C17H14ClF3N2O3. The van der Waals surface area contributed by atoms with E-state index in [1.165, 1.54) is 38.3 Å². The SMILES string of the molecule is COc1ccc(Cl)cc1C(=O)Nc1ccc(NC(C)=O)cc1C(F)(F)F. The zero-order valence-corrected chi connectivity index (χ0v) is 14.5. The molecule has 26 heavy (non-hydrogen) atoms. The first-order chi connectivity index (χ1) is 12.1. The van der Waals surface area contributed by atoms with Crippen molar-refractivity contribution in [3.8, 4) is 5.75 Å². The largest absolute Gasteiger partial charge is 0.496 e. The van der Waals surface area contributed by atoms with E-state index in [1.807, 2.05) is 0 Å². The second kappa shape index (κ2) is 7.65. The van der Waals surface area contributed by atoms with E-state index in [9.17, 15) is 22.8 Å². The van der Waals surface area contributed by atoms with E-state index in [0.717, 1.165) is 12.1 Å². The molecule has 0 saturated carbocycles. The third-order valence-corrected chi connectivity index (χ3v) is 3.53. The van der Waals surface area contributed by atoms with Crippen molar-refractivity contribution in [3.63, 3.8) is 0 Å². The lowest BCUT2D eigenvalue weighted by Gasteiger charge is -2.16. The van der Waals surface area contributed by atoms with E-state index in [4.69, 9.17) is 16.3 Å². The molecule has 5 nitrogen and oxygen atoms in total. The van der Waals surface area contributed by atoms with Crippen LogP contribution in [0.1, 0.15) is 22.8 Å². The first-order valence-corrected chi connectivity index (χ1v) is 7.63. The van der Waals surface area contributed by atoms with Gasteiger partial charge in [0.15, 0.2) is 0 Å². The van der Waals surface area contributed by atoms with Gasteiger partial charge in [0.05, 0.1) is 23.9 Å². The maximum absolute atomic E-state index is 13.3. The molecule has 2 N–H and O–H groups in total. The third kappa shape index (κ3) is 4.66. The van der Waals surface area contributed by atoms with E-state index in [0.29, 0.717) is 0 Å². The second-order valence-electron chi connectivity index (χ2n) is 5.24. The molecule has 138 valence electrons. The summed E-state index contributed by atoms with van der Waals surface area (Å²) in [6, 6.07) is 7.26. The van der Waals surface area contributed by atoms with E-state index in [-0.39, 0.29) is 22.0 Å². The Bertz CT molecular complexity index is 854. The first-order valence-electron chi connectivity index (χ1n) is 7.25. The molecule has 0 spiro atoms. The topological polar surface area (TPSA) is 67.4 Å². The van der Waals surface area contributed by atoms with Crippen molar-refractivity contribution in [1.29, 1.82) is 0 Å².